The van der Waals surface area contributed by atoms with Crippen molar-refractivity contribution >= 4 is 16.6 Å². The number of nitrogens with one attached hydrogen (secondary N) is 1. The number of hydrogen-bond acceptors (Lipinski definition) is 5. The molecule has 1 saturated heterocycles. The molecule has 32 heavy (non-hydrogen) atoms. The monoisotopic (exact) mass is 448 g/mol. The molecule has 2 aliphatic heterocycles. The minimum atomic E-state index is -4.62. The fraction of sp³-hybridized carbons (Fsp3) is 0.364. The van der Waals surface area contributed by atoms with Gasteiger partial charge in [-0.3, -0.25) is 14.3 Å². The second kappa shape index (κ2) is 7.86. The molecule has 1 aromatic carbocycles. The van der Waals surface area contributed by atoms with Crippen LogP contribution in [0.25, 0.3) is 22.2 Å². The van der Waals surface area contributed by atoms with Crippen LogP contribution in [0, 0.1) is 5.82 Å². The number of fused-ring (bicyclic) bond motifs is 3. The number of benzene rings is 1. The summed E-state index contributed by atoms with van der Waals surface area (Å²) in [4.78, 5) is 17.3. The van der Waals surface area contributed by atoms with Crippen LogP contribution in [-0.4, -0.2) is 33.6 Å². The average molecular weight is 448 g/mol. The molecule has 0 bridgehead atoms. The highest BCUT2D eigenvalue weighted by atomic mass is 19.4. The Bertz CT molecular complexity index is 1220. The average Bonchev–Trinajstić information content (AvgIpc) is 3.23. The molecule has 5 rings (SSSR count). The Balaban J connectivity index is 1.69. The second-order valence-electron chi connectivity index (χ2n) is 7.99. The van der Waals surface area contributed by atoms with E-state index in [1.54, 1.807) is 23.2 Å². The summed E-state index contributed by atoms with van der Waals surface area (Å²) in [5.74, 6) is -0.634. The lowest BCUT2D eigenvalue weighted by Gasteiger charge is -2.30. The normalized spacial score (nSPS) is 19.2. The van der Waals surface area contributed by atoms with E-state index in [1.807, 2.05) is 0 Å². The number of ether oxygens (including phenoxy) is 1. The maximum atomic E-state index is 15.1. The first-order valence-electron chi connectivity index (χ1n) is 10.3. The zero-order valence-corrected chi connectivity index (χ0v) is 17.0. The summed E-state index contributed by atoms with van der Waals surface area (Å²) in [6, 6.07) is 7.30. The number of alkyl halides is 3. The van der Waals surface area contributed by atoms with E-state index >= 15 is 4.39 Å². The SMILES string of the molecule is O=c1c2c(c3cc(F)c(-c4ccccn4)cc3n1CC(F)(F)F)NN(C1CCCCO1)C2. The third-order valence-corrected chi connectivity index (χ3v) is 5.82. The van der Waals surface area contributed by atoms with E-state index in [2.05, 4.69) is 10.4 Å². The van der Waals surface area contributed by atoms with Crippen molar-refractivity contribution in [3.05, 3.63) is 58.3 Å². The summed E-state index contributed by atoms with van der Waals surface area (Å²) in [6.45, 7) is -0.820. The fourth-order valence-electron chi connectivity index (χ4n) is 4.35. The molecular weight excluding hydrogens is 428 g/mol. The molecule has 0 radical (unpaired) electrons. The van der Waals surface area contributed by atoms with E-state index in [0.717, 1.165) is 19.3 Å². The van der Waals surface area contributed by atoms with Crippen LogP contribution in [0.15, 0.2) is 41.3 Å². The zero-order chi connectivity index (χ0) is 22.5. The van der Waals surface area contributed by atoms with Crippen LogP contribution in [0.5, 0.6) is 0 Å². The topological polar surface area (TPSA) is 59.4 Å². The van der Waals surface area contributed by atoms with Crippen molar-refractivity contribution in [1.29, 1.82) is 0 Å². The number of pyridine rings is 2. The molecule has 1 atom stereocenters. The lowest BCUT2D eigenvalue weighted by atomic mass is 10.0. The van der Waals surface area contributed by atoms with Crippen molar-refractivity contribution < 1.29 is 22.3 Å². The number of hydrogen-bond donors (Lipinski definition) is 1. The summed E-state index contributed by atoms with van der Waals surface area (Å²) in [6.07, 6.45) is -0.857. The highest BCUT2D eigenvalue weighted by molar-refractivity contribution is 5.96. The van der Waals surface area contributed by atoms with Crippen molar-refractivity contribution in [3.63, 3.8) is 0 Å². The van der Waals surface area contributed by atoms with Gasteiger partial charge in [-0.15, -0.1) is 0 Å². The van der Waals surface area contributed by atoms with E-state index in [-0.39, 0.29) is 40.5 Å². The van der Waals surface area contributed by atoms with Crippen molar-refractivity contribution in [3.8, 4) is 11.3 Å². The smallest absolute Gasteiger partial charge is 0.361 e. The summed E-state index contributed by atoms with van der Waals surface area (Å²) < 4.78 is 61.6. The quantitative estimate of drug-likeness (QED) is 0.601. The van der Waals surface area contributed by atoms with Gasteiger partial charge in [-0.05, 0) is 43.5 Å². The molecule has 1 unspecified atom stereocenters. The second-order valence-corrected chi connectivity index (χ2v) is 7.99. The number of nitrogens with zero attached hydrogens (tertiary/aromatic N) is 3. The highest BCUT2D eigenvalue weighted by Gasteiger charge is 2.35. The van der Waals surface area contributed by atoms with E-state index < -0.39 is 24.1 Å². The van der Waals surface area contributed by atoms with Gasteiger partial charge in [0.05, 0.1) is 29.0 Å². The van der Waals surface area contributed by atoms with Gasteiger partial charge in [-0.2, -0.15) is 18.2 Å². The Kier molecular flexibility index (Phi) is 5.13. The molecule has 2 aromatic heterocycles. The summed E-state index contributed by atoms with van der Waals surface area (Å²) in [5.41, 5.74) is 3.12. The number of halogens is 4. The predicted octanol–water partition coefficient (Wildman–Crippen LogP) is 4.43. The maximum Gasteiger partial charge on any atom is 0.406 e. The third kappa shape index (κ3) is 3.73. The molecule has 0 amide bonds. The largest absolute Gasteiger partial charge is 0.406 e. The van der Waals surface area contributed by atoms with Crippen LogP contribution in [0.2, 0.25) is 0 Å². The van der Waals surface area contributed by atoms with Gasteiger partial charge < -0.3 is 10.2 Å². The van der Waals surface area contributed by atoms with Gasteiger partial charge >= 0.3 is 6.18 Å². The maximum absolute atomic E-state index is 15.1. The van der Waals surface area contributed by atoms with Crippen molar-refractivity contribution in [1.82, 2.24) is 14.6 Å². The Morgan fingerprint density at radius 1 is 1.22 bits per heavy atom. The Labute approximate surface area is 180 Å². The molecule has 3 aromatic rings. The molecule has 2 aliphatic rings. The van der Waals surface area contributed by atoms with Crippen LogP contribution in [0.1, 0.15) is 24.8 Å². The van der Waals surface area contributed by atoms with Gasteiger partial charge in [0.1, 0.15) is 18.6 Å². The zero-order valence-electron chi connectivity index (χ0n) is 17.0. The molecule has 1 N–H and O–H groups in total. The summed E-state index contributed by atoms with van der Waals surface area (Å²) in [5, 5.41) is 1.91. The molecule has 10 heteroatoms. The molecule has 6 nitrogen and oxygen atoms in total. The minimum absolute atomic E-state index is 0.00737. The van der Waals surface area contributed by atoms with Crippen LogP contribution < -0.4 is 11.0 Å². The third-order valence-electron chi connectivity index (χ3n) is 5.82. The Morgan fingerprint density at radius 3 is 2.75 bits per heavy atom. The molecule has 0 saturated carbocycles. The summed E-state index contributed by atoms with van der Waals surface area (Å²) in [7, 11) is 0. The molecular formula is C22H20F4N4O2. The highest BCUT2D eigenvalue weighted by Crippen LogP contribution is 2.37. The van der Waals surface area contributed by atoms with Crippen molar-refractivity contribution in [2.45, 2.75) is 44.8 Å². The van der Waals surface area contributed by atoms with Gasteiger partial charge in [0.25, 0.3) is 5.56 Å². The molecule has 1 fully saturated rings. The first kappa shape index (κ1) is 20.9. The van der Waals surface area contributed by atoms with Gasteiger partial charge in [0.15, 0.2) is 0 Å². The fourth-order valence-corrected chi connectivity index (χ4v) is 4.35. The van der Waals surface area contributed by atoms with E-state index in [9.17, 15) is 18.0 Å². The Hall–Kier alpha value is -2.98. The first-order valence-corrected chi connectivity index (χ1v) is 10.3. The number of aromatic nitrogens is 2. The van der Waals surface area contributed by atoms with E-state index in [4.69, 9.17) is 4.74 Å². The predicted molar refractivity (Wildman–Crippen MR) is 110 cm³/mol. The van der Waals surface area contributed by atoms with Gasteiger partial charge in [-0.25, -0.2) is 4.39 Å². The number of anilines is 1. The van der Waals surface area contributed by atoms with Crippen LogP contribution >= 0.6 is 0 Å². The van der Waals surface area contributed by atoms with Gasteiger partial charge in [-0.1, -0.05) is 6.07 Å². The molecule has 168 valence electrons. The standard InChI is InChI=1S/C22H20F4N4O2/c23-16-9-14-18(10-13(16)17-5-1-3-7-27-17)29(12-22(24,25)26)21(31)15-11-30(28-20(14)15)19-6-2-4-8-32-19/h1,3,5,7,9-10,19,28H,2,4,6,8,11-12H2. The lowest BCUT2D eigenvalue weighted by molar-refractivity contribution is -0.140. The van der Waals surface area contributed by atoms with E-state index in [0.29, 0.717) is 16.9 Å². The molecule has 0 spiro atoms. The lowest BCUT2D eigenvalue weighted by Crippen LogP contribution is -2.40. The van der Waals surface area contributed by atoms with E-state index in [1.165, 1.54) is 18.3 Å². The van der Waals surface area contributed by atoms with Crippen LogP contribution in [0.4, 0.5) is 23.2 Å². The van der Waals surface area contributed by atoms with Crippen molar-refractivity contribution in [2.75, 3.05) is 12.0 Å². The molecule has 4 heterocycles. The van der Waals surface area contributed by atoms with Crippen LogP contribution in [0.3, 0.4) is 0 Å². The van der Waals surface area contributed by atoms with Gasteiger partial charge in [0.2, 0.25) is 0 Å². The van der Waals surface area contributed by atoms with Crippen LogP contribution in [-0.2, 0) is 17.8 Å². The number of hydrazine groups is 1. The van der Waals surface area contributed by atoms with Gasteiger partial charge in [0, 0.05) is 23.8 Å². The van der Waals surface area contributed by atoms with Crippen molar-refractivity contribution in [2.24, 2.45) is 0 Å². The number of rotatable bonds is 3. The minimum Gasteiger partial charge on any atom is -0.361 e. The first-order chi connectivity index (χ1) is 15.3. The Morgan fingerprint density at radius 2 is 2.06 bits per heavy atom. The molecule has 0 aliphatic carbocycles. The summed E-state index contributed by atoms with van der Waals surface area (Å²) >= 11 is 0.